The first-order valence-corrected chi connectivity index (χ1v) is 23.8. The fourth-order valence-corrected chi connectivity index (χ4v) is 11.8. The second kappa shape index (κ2) is 17.7. The maximum absolute atomic E-state index is 15.0. The number of para-hydroxylation sites is 1. The quantitative estimate of drug-likeness (QED) is 0.0918. The number of carbonyl (C=O) groups is 1. The number of nitrogens with zero attached hydrogens (tertiary/aromatic N) is 7. The maximum Gasteiger partial charge on any atom is 0.354 e. The van der Waals surface area contributed by atoms with Gasteiger partial charge in [-0.25, -0.2) is 17.9 Å². The molecular formula is C46H46ClN7O8S2. The first-order chi connectivity index (χ1) is 30.8. The number of methoxy groups -OCH3 is 1. The lowest BCUT2D eigenvalue weighted by Gasteiger charge is -2.24. The number of nitro benzene ring substituents is 1. The molecular weight excluding hydrogens is 878 g/mol. The number of benzene rings is 4. The van der Waals surface area contributed by atoms with Crippen molar-refractivity contribution >= 4 is 66.7 Å². The van der Waals surface area contributed by atoms with Gasteiger partial charge in [-0.15, -0.1) is 11.8 Å². The van der Waals surface area contributed by atoms with Gasteiger partial charge in [-0.05, 0) is 80.3 Å². The Kier molecular flexibility index (Phi) is 12.0. The molecule has 332 valence electrons. The smallest absolute Gasteiger partial charge is 0.354 e. The van der Waals surface area contributed by atoms with Crippen LogP contribution in [-0.4, -0.2) is 68.1 Å². The molecule has 1 fully saturated rings. The van der Waals surface area contributed by atoms with E-state index in [0.717, 1.165) is 50.9 Å². The van der Waals surface area contributed by atoms with Gasteiger partial charge in [-0.2, -0.15) is 14.5 Å². The molecule has 7 aromatic rings. The number of nitro groups is 1. The van der Waals surface area contributed by atoms with Crippen molar-refractivity contribution in [1.29, 1.82) is 0 Å². The predicted molar refractivity (Wildman–Crippen MR) is 244 cm³/mol. The topological polar surface area (TPSA) is 166 Å². The third kappa shape index (κ3) is 7.93. The number of ether oxygens (including phenoxy) is 3. The van der Waals surface area contributed by atoms with Crippen LogP contribution in [0, 0.1) is 17.0 Å². The molecule has 1 saturated heterocycles. The van der Waals surface area contributed by atoms with Crippen LogP contribution in [-0.2, 0) is 58.9 Å². The number of aryl methyl sites for hydroxylation is 3. The van der Waals surface area contributed by atoms with Gasteiger partial charge in [0.15, 0.2) is 4.90 Å². The summed E-state index contributed by atoms with van der Waals surface area (Å²) in [5, 5.41) is 25.4. The third-order valence-corrected chi connectivity index (χ3v) is 15.2. The summed E-state index contributed by atoms with van der Waals surface area (Å²) < 4.78 is 54.7. The summed E-state index contributed by atoms with van der Waals surface area (Å²) in [6, 6.07) is 23.0. The van der Waals surface area contributed by atoms with E-state index in [0.29, 0.717) is 82.7 Å². The zero-order valence-electron chi connectivity index (χ0n) is 35.7. The monoisotopic (exact) mass is 923 g/mol. The second-order valence-electron chi connectivity index (χ2n) is 16.0. The number of thioether (sulfide) groups is 1. The Morgan fingerprint density at radius 1 is 0.953 bits per heavy atom. The molecule has 15 nitrogen and oxygen atoms in total. The number of carbonyl (C=O) groups excluding carboxylic acids is 1. The molecule has 0 amide bonds. The van der Waals surface area contributed by atoms with E-state index in [4.69, 9.17) is 36.0 Å². The molecule has 8 bridgehead atoms. The zero-order chi connectivity index (χ0) is 44.9. The van der Waals surface area contributed by atoms with Gasteiger partial charge in [0.05, 0.1) is 53.7 Å². The van der Waals surface area contributed by atoms with Gasteiger partial charge >= 0.3 is 5.97 Å². The average Bonchev–Trinajstić information content (AvgIpc) is 3.92. The Bertz CT molecular complexity index is 3080. The van der Waals surface area contributed by atoms with Crippen molar-refractivity contribution < 1.29 is 32.3 Å². The van der Waals surface area contributed by atoms with Gasteiger partial charge in [0, 0.05) is 70.7 Å². The molecule has 0 radical (unpaired) electrons. The van der Waals surface area contributed by atoms with Gasteiger partial charge in [-0.3, -0.25) is 14.8 Å². The SMILES string of the molecule is COC(=O)c1c2c3ccc(Cl)c(c3n1C)-c1c(nn(C3CCCCO3)c1C)CN(S(=O)(=O)c1ccccc1[N+](=O)[O-])Cc1cc(n(C)n1)CSc1cc(c3ccccc3c1)OCCC2. The van der Waals surface area contributed by atoms with Crippen molar-refractivity contribution in [2.45, 2.75) is 73.9 Å². The van der Waals surface area contributed by atoms with Crippen molar-refractivity contribution in [3.8, 4) is 16.9 Å². The first kappa shape index (κ1) is 43.5. The molecule has 2 aliphatic heterocycles. The van der Waals surface area contributed by atoms with Crippen molar-refractivity contribution in [3.63, 3.8) is 0 Å². The van der Waals surface area contributed by atoms with E-state index in [-0.39, 0.29) is 13.1 Å². The number of fused-ring (bicyclic) bond motifs is 8. The van der Waals surface area contributed by atoms with Crippen LogP contribution in [0.25, 0.3) is 32.8 Å². The molecule has 0 saturated carbocycles. The molecule has 9 rings (SSSR count). The highest BCUT2D eigenvalue weighted by molar-refractivity contribution is 7.98. The molecule has 2 aliphatic rings. The third-order valence-electron chi connectivity index (χ3n) is 12.1. The fourth-order valence-electron chi connectivity index (χ4n) is 9.02. The Morgan fingerprint density at radius 3 is 2.53 bits per heavy atom. The summed E-state index contributed by atoms with van der Waals surface area (Å²) in [5.74, 6) is 0.707. The van der Waals surface area contributed by atoms with E-state index in [1.165, 1.54) is 35.7 Å². The number of sulfonamides is 1. The molecule has 18 heteroatoms. The van der Waals surface area contributed by atoms with Gasteiger partial charge in [-0.1, -0.05) is 54.1 Å². The van der Waals surface area contributed by atoms with Crippen molar-refractivity contribution in [2.75, 3.05) is 20.3 Å². The second-order valence-corrected chi connectivity index (χ2v) is 19.4. The minimum atomic E-state index is -4.62. The lowest BCUT2D eigenvalue weighted by Crippen LogP contribution is -2.31. The molecule has 3 aromatic heterocycles. The lowest BCUT2D eigenvalue weighted by molar-refractivity contribution is -0.387. The van der Waals surface area contributed by atoms with E-state index in [9.17, 15) is 14.9 Å². The molecule has 1 atom stereocenters. The molecule has 0 aliphatic carbocycles. The molecule has 5 heterocycles. The summed E-state index contributed by atoms with van der Waals surface area (Å²) in [7, 11) is 0.320. The minimum Gasteiger partial charge on any atom is -0.493 e. The van der Waals surface area contributed by atoms with Gasteiger partial charge in [0.25, 0.3) is 15.7 Å². The fraction of sp³-hybridized carbons (Fsp3) is 0.326. The van der Waals surface area contributed by atoms with E-state index in [1.54, 1.807) is 45.9 Å². The highest BCUT2D eigenvalue weighted by Crippen LogP contribution is 2.44. The largest absolute Gasteiger partial charge is 0.493 e. The minimum absolute atomic E-state index is 0.245. The van der Waals surface area contributed by atoms with Crippen LogP contribution < -0.4 is 4.74 Å². The van der Waals surface area contributed by atoms with Crippen LogP contribution >= 0.6 is 23.4 Å². The number of hydrogen-bond donors (Lipinski definition) is 0. The molecule has 0 N–H and O–H groups in total. The Hall–Kier alpha value is -5.72. The maximum atomic E-state index is 15.0. The summed E-state index contributed by atoms with van der Waals surface area (Å²) in [5.41, 5.74) is 4.52. The normalized spacial score (nSPS) is 16.6. The highest BCUT2D eigenvalue weighted by Gasteiger charge is 2.36. The van der Waals surface area contributed by atoms with Crippen molar-refractivity contribution in [3.05, 3.63) is 128 Å². The van der Waals surface area contributed by atoms with E-state index >= 15 is 8.42 Å². The highest BCUT2D eigenvalue weighted by atomic mass is 35.5. The lowest BCUT2D eigenvalue weighted by atomic mass is 9.98. The van der Waals surface area contributed by atoms with Gasteiger partial charge in [0.1, 0.15) is 17.7 Å². The first-order valence-electron chi connectivity index (χ1n) is 21.0. The molecule has 64 heavy (non-hydrogen) atoms. The summed E-state index contributed by atoms with van der Waals surface area (Å²) >= 11 is 8.87. The number of aromatic nitrogens is 5. The Labute approximate surface area is 379 Å². The van der Waals surface area contributed by atoms with Crippen LogP contribution in [0.4, 0.5) is 5.69 Å². The predicted octanol–water partition coefficient (Wildman–Crippen LogP) is 9.29. The number of esters is 1. The Morgan fingerprint density at radius 2 is 1.75 bits per heavy atom. The van der Waals surface area contributed by atoms with Crippen LogP contribution in [0.15, 0.2) is 88.7 Å². The van der Waals surface area contributed by atoms with Gasteiger partial charge < -0.3 is 18.8 Å². The Balaban J connectivity index is 1.28. The number of hydrogen-bond acceptors (Lipinski definition) is 11. The van der Waals surface area contributed by atoms with Gasteiger partial charge in [0.2, 0.25) is 0 Å². The summed E-state index contributed by atoms with van der Waals surface area (Å²) in [6.45, 7) is 2.21. The zero-order valence-corrected chi connectivity index (χ0v) is 38.1. The molecule has 0 spiro atoms. The molecule has 1 unspecified atom stereocenters. The standard InChI is InChI=1S/C46H46ClN7O8S2/c1-28-42-37(49-53(28)41-17-9-10-20-62-41)26-52(64(58,59)40-16-8-7-15-38(40)54(56)57)25-30-23-31(51(3)48-30)27-63-32-22-29-12-5-6-13-33(29)39(24-32)61-21-11-14-34-35-18-19-36(47)43(42)44(35)50(2)45(34)46(55)60-4/h5-8,12-13,15-16,18-19,22-24,41H,9-11,14,17,20-21,25-27H2,1-4H3. The average molecular weight is 925 g/mol. The number of halogens is 1. The van der Waals surface area contributed by atoms with E-state index in [1.807, 2.05) is 49.4 Å². The van der Waals surface area contributed by atoms with Crippen LogP contribution in [0.5, 0.6) is 5.75 Å². The van der Waals surface area contributed by atoms with E-state index < -0.39 is 37.7 Å². The summed E-state index contributed by atoms with van der Waals surface area (Å²) in [6.07, 6.45) is 3.04. The summed E-state index contributed by atoms with van der Waals surface area (Å²) in [4.78, 5) is 25.9. The van der Waals surface area contributed by atoms with Crippen molar-refractivity contribution in [2.24, 2.45) is 14.1 Å². The van der Waals surface area contributed by atoms with Crippen LogP contribution in [0.3, 0.4) is 0 Å². The van der Waals surface area contributed by atoms with Crippen LogP contribution in [0.1, 0.15) is 70.7 Å². The van der Waals surface area contributed by atoms with E-state index in [2.05, 4.69) is 6.07 Å². The van der Waals surface area contributed by atoms with Crippen molar-refractivity contribution in [1.82, 2.24) is 28.4 Å². The van der Waals surface area contributed by atoms with Crippen LogP contribution in [0.2, 0.25) is 5.02 Å². The molecule has 4 aromatic carbocycles. The number of rotatable bonds is 5.